The molecule has 1 N–H and O–H groups in total. The molecule has 2 heterocycles. The van der Waals surface area contributed by atoms with E-state index in [4.69, 9.17) is 0 Å². The number of nitrogens with one attached hydrogen (secondary N) is 1. The van der Waals surface area contributed by atoms with Gasteiger partial charge in [-0.05, 0) is 37.1 Å². The first-order valence-electron chi connectivity index (χ1n) is 6.93. The zero-order chi connectivity index (χ0) is 14.7. The molecule has 2 aromatic rings. The SMILES string of the molecule is O=C(NC1CCN(c2nccs2)CC1)c1ccc(Br)cc1. The van der Waals surface area contributed by atoms with Gasteiger partial charge in [-0.15, -0.1) is 11.3 Å². The number of thiazole rings is 1. The molecule has 1 aromatic carbocycles. The number of halogens is 1. The second-order valence-corrected chi connectivity index (χ2v) is 6.85. The van der Waals surface area contributed by atoms with Gasteiger partial charge in [0.05, 0.1) is 0 Å². The smallest absolute Gasteiger partial charge is 0.251 e. The molecule has 1 aliphatic rings. The molecule has 0 saturated carbocycles. The van der Waals surface area contributed by atoms with E-state index in [0.29, 0.717) is 5.56 Å². The van der Waals surface area contributed by atoms with E-state index >= 15 is 0 Å². The summed E-state index contributed by atoms with van der Waals surface area (Å²) in [7, 11) is 0. The Morgan fingerprint density at radius 3 is 2.62 bits per heavy atom. The molecular weight excluding hydrogens is 350 g/mol. The molecule has 1 amide bonds. The van der Waals surface area contributed by atoms with Crippen LogP contribution in [-0.4, -0.2) is 30.0 Å². The van der Waals surface area contributed by atoms with Gasteiger partial charge in [0.1, 0.15) is 0 Å². The summed E-state index contributed by atoms with van der Waals surface area (Å²) in [4.78, 5) is 18.8. The molecular formula is C15H16BrN3OS. The molecule has 0 radical (unpaired) electrons. The molecule has 110 valence electrons. The number of amides is 1. The van der Waals surface area contributed by atoms with Gasteiger partial charge in [-0.2, -0.15) is 0 Å². The van der Waals surface area contributed by atoms with E-state index in [1.165, 1.54) is 0 Å². The highest BCUT2D eigenvalue weighted by Gasteiger charge is 2.22. The summed E-state index contributed by atoms with van der Waals surface area (Å²) < 4.78 is 0.982. The number of piperidine rings is 1. The third-order valence-corrected chi connectivity index (χ3v) is 4.99. The van der Waals surface area contributed by atoms with Gasteiger partial charge in [-0.1, -0.05) is 15.9 Å². The molecule has 0 atom stereocenters. The van der Waals surface area contributed by atoms with Crippen LogP contribution in [0.3, 0.4) is 0 Å². The van der Waals surface area contributed by atoms with Gasteiger partial charge in [0, 0.05) is 40.7 Å². The van der Waals surface area contributed by atoms with Crippen molar-refractivity contribution in [2.24, 2.45) is 0 Å². The van der Waals surface area contributed by atoms with Crippen molar-refractivity contribution in [1.29, 1.82) is 0 Å². The number of anilines is 1. The predicted molar refractivity (Wildman–Crippen MR) is 89.0 cm³/mol. The number of aromatic nitrogens is 1. The Morgan fingerprint density at radius 2 is 2.00 bits per heavy atom. The van der Waals surface area contributed by atoms with Crippen LogP contribution < -0.4 is 10.2 Å². The van der Waals surface area contributed by atoms with Crippen molar-refractivity contribution in [3.63, 3.8) is 0 Å². The lowest BCUT2D eigenvalue weighted by Gasteiger charge is -2.32. The Bertz CT molecular complexity index is 592. The standard InChI is InChI=1S/C15H16BrN3OS/c16-12-3-1-11(2-4-12)14(20)18-13-5-8-19(9-6-13)15-17-7-10-21-15/h1-4,7,10,13H,5-6,8-9H2,(H,18,20). The van der Waals surface area contributed by atoms with Crippen LogP contribution >= 0.6 is 27.3 Å². The van der Waals surface area contributed by atoms with Crippen LogP contribution in [0.1, 0.15) is 23.2 Å². The fourth-order valence-corrected chi connectivity index (χ4v) is 3.42. The average molecular weight is 366 g/mol. The molecule has 0 unspecified atom stereocenters. The van der Waals surface area contributed by atoms with Crippen LogP contribution in [0.15, 0.2) is 40.3 Å². The van der Waals surface area contributed by atoms with Crippen molar-refractivity contribution in [1.82, 2.24) is 10.3 Å². The largest absolute Gasteiger partial charge is 0.349 e. The summed E-state index contributed by atoms with van der Waals surface area (Å²) in [5.74, 6) is 0.00944. The lowest BCUT2D eigenvalue weighted by Crippen LogP contribution is -2.44. The predicted octanol–water partition coefficient (Wildman–Crippen LogP) is 3.30. The summed E-state index contributed by atoms with van der Waals surface area (Å²) in [6.45, 7) is 1.89. The first kappa shape index (κ1) is 14.5. The Kier molecular flexibility index (Phi) is 4.55. The normalized spacial score (nSPS) is 16.0. The van der Waals surface area contributed by atoms with Crippen LogP contribution in [-0.2, 0) is 0 Å². The molecule has 0 spiro atoms. The van der Waals surface area contributed by atoms with E-state index in [0.717, 1.165) is 35.5 Å². The van der Waals surface area contributed by atoms with E-state index in [1.54, 1.807) is 11.3 Å². The Balaban J connectivity index is 1.53. The molecule has 21 heavy (non-hydrogen) atoms. The zero-order valence-corrected chi connectivity index (χ0v) is 13.9. The molecule has 1 saturated heterocycles. The average Bonchev–Trinajstić information content (AvgIpc) is 3.03. The van der Waals surface area contributed by atoms with E-state index in [-0.39, 0.29) is 11.9 Å². The maximum Gasteiger partial charge on any atom is 0.251 e. The highest BCUT2D eigenvalue weighted by molar-refractivity contribution is 9.10. The maximum atomic E-state index is 12.2. The van der Waals surface area contributed by atoms with Gasteiger partial charge in [0.15, 0.2) is 5.13 Å². The lowest BCUT2D eigenvalue weighted by atomic mass is 10.0. The first-order valence-corrected chi connectivity index (χ1v) is 8.60. The van der Waals surface area contributed by atoms with E-state index in [1.807, 2.05) is 35.8 Å². The molecule has 0 bridgehead atoms. The molecule has 3 rings (SSSR count). The number of carbonyl (C=O) groups excluding carboxylic acids is 1. The van der Waals surface area contributed by atoms with E-state index in [9.17, 15) is 4.79 Å². The Hall–Kier alpha value is -1.40. The van der Waals surface area contributed by atoms with Gasteiger partial charge in [-0.3, -0.25) is 4.79 Å². The highest BCUT2D eigenvalue weighted by atomic mass is 79.9. The van der Waals surface area contributed by atoms with Gasteiger partial charge in [0.25, 0.3) is 5.91 Å². The molecule has 1 fully saturated rings. The monoisotopic (exact) mass is 365 g/mol. The summed E-state index contributed by atoms with van der Waals surface area (Å²) in [5, 5.41) is 6.20. The van der Waals surface area contributed by atoms with Gasteiger partial charge in [0.2, 0.25) is 0 Å². The van der Waals surface area contributed by atoms with Crippen LogP contribution in [0.5, 0.6) is 0 Å². The van der Waals surface area contributed by atoms with Crippen molar-refractivity contribution in [2.75, 3.05) is 18.0 Å². The number of hydrogen-bond donors (Lipinski definition) is 1. The van der Waals surface area contributed by atoms with Gasteiger partial charge >= 0.3 is 0 Å². The molecule has 6 heteroatoms. The highest BCUT2D eigenvalue weighted by Crippen LogP contribution is 2.22. The Morgan fingerprint density at radius 1 is 1.29 bits per heavy atom. The van der Waals surface area contributed by atoms with E-state index in [2.05, 4.69) is 31.1 Å². The molecule has 1 aliphatic heterocycles. The van der Waals surface area contributed by atoms with Gasteiger partial charge in [-0.25, -0.2) is 4.98 Å². The second kappa shape index (κ2) is 6.58. The molecule has 4 nitrogen and oxygen atoms in total. The van der Waals surface area contributed by atoms with Gasteiger partial charge < -0.3 is 10.2 Å². The number of nitrogens with zero attached hydrogens (tertiary/aromatic N) is 2. The van der Waals surface area contributed by atoms with Crippen LogP contribution in [0.2, 0.25) is 0 Å². The quantitative estimate of drug-likeness (QED) is 0.907. The third kappa shape index (κ3) is 3.63. The topological polar surface area (TPSA) is 45.2 Å². The van der Waals surface area contributed by atoms with Crippen LogP contribution in [0, 0.1) is 0 Å². The van der Waals surface area contributed by atoms with Crippen molar-refractivity contribution < 1.29 is 4.79 Å². The number of carbonyl (C=O) groups is 1. The second-order valence-electron chi connectivity index (χ2n) is 5.06. The Labute approximate surface area is 136 Å². The minimum Gasteiger partial charge on any atom is -0.349 e. The lowest BCUT2D eigenvalue weighted by molar-refractivity contribution is 0.0931. The first-order chi connectivity index (χ1) is 10.2. The summed E-state index contributed by atoms with van der Waals surface area (Å²) in [6, 6.07) is 7.70. The third-order valence-electron chi connectivity index (χ3n) is 3.63. The summed E-state index contributed by atoms with van der Waals surface area (Å²) in [5.41, 5.74) is 0.709. The minimum atomic E-state index is 0.00944. The van der Waals surface area contributed by atoms with Crippen molar-refractivity contribution in [2.45, 2.75) is 18.9 Å². The fourth-order valence-electron chi connectivity index (χ4n) is 2.46. The van der Waals surface area contributed by atoms with Crippen molar-refractivity contribution >= 4 is 38.3 Å². The van der Waals surface area contributed by atoms with Crippen molar-refractivity contribution in [3.8, 4) is 0 Å². The fraction of sp³-hybridized carbons (Fsp3) is 0.333. The van der Waals surface area contributed by atoms with E-state index < -0.39 is 0 Å². The molecule has 0 aliphatic carbocycles. The zero-order valence-electron chi connectivity index (χ0n) is 11.5. The minimum absolute atomic E-state index is 0.00944. The maximum absolute atomic E-state index is 12.2. The van der Waals surface area contributed by atoms with Crippen LogP contribution in [0.4, 0.5) is 5.13 Å². The summed E-state index contributed by atoms with van der Waals surface area (Å²) >= 11 is 5.04. The summed E-state index contributed by atoms with van der Waals surface area (Å²) in [6.07, 6.45) is 3.76. The number of rotatable bonds is 3. The van der Waals surface area contributed by atoms with Crippen LogP contribution in [0.25, 0.3) is 0 Å². The van der Waals surface area contributed by atoms with Crippen molar-refractivity contribution in [3.05, 3.63) is 45.9 Å². The number of hydrogen-bond acceptors (Lipinski definition) is 4. The number of benzene rings is 1. The molecule has 1 aromatic heterocycles.